The number of rotatable bonds is 5. The van der Waals surface area contributed by atoms with Gasteiger partial charge in [-0.25, -0.2) is 0 Å². The van der Waals surface area contributed by atoms with E-state index in [1.54, 1.807) is 6.20 Å². The Morgan fingerprint density at radius 3 is 2.40 bits per heavy atom. The van der Waals surface area contributed by atoms with Crippen LogP contribution in [0.5, 0.6) is 0 Å². The first-order valence-electron chi connectivity index (χ1n) is 8.80. The Balaban J connectivity index is 1.44. The Bertz CT molecular complexity index is 689. The molecule has 1 aromatic heterocycles. The molecule has 0 radical (unpaired) electrons. The van der Waals surface area contributed by atoms with Crippen molar-refractivity contribution in [1.29, 1.82) is 0 Å². The van der Waals surface area contributed by atoms with Gasteiger partial charge in [-0.15, -0.1) is 0 Å². The van der Waals surface area contributed by atoms with Crippen molar-refractivity contribution in [2.24, 2.45) is 0 Å². The van der Waals surface area contributed by atoms with Gasteiger partial charge in [0, 0.05) is 50.8 Å². The SMILES string of the molecule is Cc1cc(C)cc(NC(=O)CN2CCN(Cc3cccnc3)CC2)c1. The molecular formula is C20H26N4O. The van der Waals surface area contributed by atoms with Crippen LogP contribution in [0.3, 0.4) is 0 Å². The molecule has 1 aromatic carbocycles. The molecule has 132 valence electrons. The van der Waals surface area contributed by atoms with Crippen molar-refractivity contribution in [2.45, 2.75) is 20.4 Å². The molecule has 25 heavy (non-hydrogen) atoms. The highest BCUT2D eigenvalue weighted by Gasteiger charge is 2.19. The van der Waals surface area contributed by atoms with Crippen molar-refractivity contribution in [2.75, 3.05) is 38.0 Å². The van der Waals surface area contributed by atoms with Gasteiger partial charge in [-0.1, -0.05) is 12.1 Å². The van der Waals surface area contributed by atoms with Gasteiger partial charge in [0.25, 0.3) is 0 Å². The fourth-order valence-corrected chi connectivity index (χ4v) is 3.31. The van der Waals surface area contributed by atoms with E-state index in [0.29, 0.717) is 6.54 Å². The molecular weight excluding hydrogens is 312 g/mol. The van der Waals surface area contributed by atoms with Crippen LogP contribution in [0.2, 0.25) is 0 Å². The largest absolute Gasteiger partial charge is 0.325 e. The molecule has 2 heterocycles. The van der Waals surface area contributed by atoms with Crippen molar-refractivity contribution in [1.82, 2.24) is 14.8 Å². The standard InChI is InChI=1S/C20H26N4O/c1-16-10-17(2)12-19(11-16)22-20(25)15-24-8-6-23(7-9-24)14-18-4-3-5-21-13-18/h3-5,10-13H,6-9,14-15H2,1-2H3,(H,22,25). The van der Waals surface area contributed by atoms with Crippen LogP contribution < -0.4 is 5.32 Å². The molecule has 1 N–H and O–H groups in total. The molecule has 0 unspecified atom stereocenters. The Kier molecular flexibility index (Phi) is 5.79. The highest BCUT2D eigenvalue weighted by Crippen LogP contribution is 2.14. The van der Waals surface area contributed by atoms with E-state index in [-0.39, 0.29) is 5.91 Å². The fourth-order valence-electron chi connectivity index (χ4n) is 3.31. The van der Waals surface area contributed by atoms with E-state index in [4.69, 9.17) is 0 Å². The maximum absolute atomic E-state index is 12.3. The molecule has 1 fully saturated rings. The first-order valence-corrected chi connectivity index (χ1v) is 8.80. The van der Waals surface area contributed by atoms with Crippen molar-refractivity contribution < 1.29 is 4.79 Å². The summed E-state index contributed by atoms with van der Waals surface area (Å²) >= 11 is 0. The van der Waals surface area contributed by atoms with E-state index in [2.05, 4.69) is 32.2 Å². The minimum absolute atomic E-state index is 0.0608. The zero-order valence-corrected chi connectivity index (χ0v) is 15.0. The van der Waals surface area contributed by atoms with E-state index < -0.39 is 0 Å². The lowest BCUT2D eigenvalue weighted by Crippen LogP contribution is -2.48. The number of hydrogen-bond acceptors (Lipinski definition) is 4. The number of benzene rings is 1. The van der Waals surface area contributed by atoms with Crippen LogP contribution in [0, 0.1) is 13.8 Å². The number of aryl methyl sites for hydroxylation is 2. The number of carbonyl (C=O) groups excluding carboxylic acids is 1. The molecule has 3 rings (SSSR count). The Labute approximate surface area is 149 Å². The number of carbonyl (C=O) groups is 1. The third-order valence-electron chi connectivity index (χ3n) is 4.47. The van der Waals surface area contributed by atoms with Crippen LogP contribution in [0.25, 0.3) is 0 Å². The third kappa shape index (κ3) is 5.37. The number of nitrogens with one attached hydrogen (secondary N) is 1. The zero-order valence-electron chi connectivity index (χ0n) is 15.0. The van der Waals surface area contributed by atoms with E-state index in [1.165, 1.54) is 16.7 Å². The van der Waals surface area contributed by atoms with Crippen LogP contribution in [0.1, 0.15) is 16.7 Å². The summed E-state index contributed by atoms with van der Waals surface area (Å²) in [5, 5.41) is 3.02. The first-order chi connectivity index (χ1) is 12.1. The van der Waals surface area contributed by atoms with Crippen LogP contribution in [-0.2, 0) is 11.3 Å². The predicted molar refractivity (Wildman–Crippen MR) is 100 cm³/mol. The molecule has 1 saturated heterocycles. The van der Waals surface area contributed by atoms with Gasteiger partial charge in [0.05, 0.1) is 6.54 Å². The van der Waals surface area contributed by atoms with E-state index in [1.807, 2.05) is 38.2 Å². The highest BCUT2D eigenvalue weighted by atomic mass is 16.2. The van der Waals surface area contributed by atoms with E-state index in [9.17, 15) is 4.79 Å². The van der Waals surface area contributed by atoms with Gasteiger partial charge in [0.1, 0.15) is 0 Å². The average molecular weight is 338 g/mol. The molecule has 2 aromatic rings. The molecule has 0 spiro atoms. The molecule has 1 aliphatic rings. The molecule has 0 bridgehead atoms. The smallest absolute Gasteiger partial charge is 0.238 e. The summed E-state index contributed by atoms with van der Waals surface area (Å²) in [5.74, 6) is 0.0608. The van der Waals surface area contributed by atoms with Gasteiger partial charge in [-0.3, -0.25) is 19.6 Å². The second kappa shape index (κ2) is 8.23. The van der Waals surface area contributed by atoms with Crippen LogP contribution >= 0.6 is 0 Å². The van der Waals surface area contributed by atoms with Crippen molar-refractivity contribution in [3.8, 4) is 0 Å². The van der Waals surface area contributed by atoms with Gasteiger partial charge < -0.3 is 5.32 Å². The van der Waals surface area contributed by atoms with Gasteiger partial charge >= 0.3 is 0 Å². The average Bonchev–Trinajstić information content (AvgIpc) is 2.56. The van der Waals surface area contributed by atoms with Crippen molar-refractivity contribution >= 4 is 11.6 Å². The minimum Gasteiger partial charge on any atom is -0.325 e. The molecule has 1 aliphatic heterocycles. The van der Waals surface area contributed by atoms with Crippen LogP contribution in [-0.4, -0.2) is 53.4 Å². The van der Waals surface area contributed by atoms with Gasteiger partial charge in [-0.2, -0.15) is 0 Å². The van der Waals surface area contributed by atoms with Crippen LogP contribution in [0.15, 0.2) is 42.7 Å². The molecule has 5 heteroatoms. The number of pyridine rings is 1. The summed E-state index contributed by atoms with van der Waals surface area (Å²) < 4.78 is 0. The summed E-state index contributed by atoms with van der Waals surface area (Å²) in [4.78, 5) is 21.1. The fraction of sp³-hybridized carbons (Fsp3) is 0.400. The topological polar surface area (TPSA) is 48.5 Å². The van der Waals surface area contributed by atoms with Crippen LogP contribution in [0.4, 0.5) is 5.69 Å². The summed E-state index contributed by atoms with van der Waals surface area (Å²) in [6.07, 6.45) is 3.72. The van der Waals surface area contributed by atoms with Crippen molar-refractivity contribution in [3.05, 3.63) is 59.4 Å². The quantitative estimate of drug-likeness (QED) is 0.910. The maximum atomic E-state index is 12.3. The number of nitrogens with zero attached hydrogens (tertiary/aromatic N) is 3. The highest BCUT2D eigenvalue weighted by molar-refractivity contribution is 5.92. The summed E-state index contributed by atoms with van der Waals surface area (Å²) in [6.45, 7) is 9.26. The summed E-state index contributed by atoms with van der Waals surface area (Å²) in [5.41, 5.74) is 4.46. The normalized spacial score (nSPS) is 15.9. The molecule has 1 amide bonds. The monoisotopic (exact) mass is 338 g/mol. The second-order valence-corrected chi connectivity index (χ2v) is 6.84. The van der Waals surface area contributed by atoms with Gasteiger partial charge in [-0.05, 0) is 48.7 Å². The molecule has 0 atom stereocenters. The second-order valence-electron chi connectivity index (χ2n) is 6.84. The molecule has 5 nitrogen and oxygen atoms in total. The van der Waals surface area contributed by atoms with Crippen molar-refractivity contribution in [3.63, 3.8) is 0 Å². The minimum atomic E-state index is 0.0608. The Morgan fingerprint density at radius 2 is 1.76 bits per heavy atom. The van der Waals surface area contributed by atoms with Gasteiger partial charge in [0.15, 0.2) is 0 Å². The zero-order chi connectivity index (χ0) is 17.6. The first kappa shape index (κ1) is 17.6. The maximum Gasteiger partial charge on any atom is 0.238 e. The van der Waals surface area contributed by atoms with Gasteiger partial charge in [0.2, 0.25) is 5.91 Å². The lowest BCUT2D eigenvalue weighted by atomic mass is 10.1. The predicted octanol–water partition coefficient (Wildman–Crippen LogP) is 2.45. The third-order valence-corrected chi connectivity index (χ3v) is 4.47. The molecule has 0 aliphatic carbocycles. The Morgan fingerprint density at radius 1 is 1.08 bits per heavy atom. The molecule has 0 saturated carbocycles. The number of piperazine rings is 1. The number of amides is 1. The van der Waals surface area contributed by atoms with E-state index >= 15 is 0 Å². The summed E-state index contributed by atoms with van der Waals surface area (Å²) in [6, 6.07) is 10.2. The van der Waals surface area contributed by atoms with E-state index in [0.717, 1.165) is 38.4 Å². The number of aromatic nitrogens is 1. The Hall–Kier alpha value is -2.24. The lowest BCUT2D eigenvalue weighted by Gasteiger charge is -2.34. The lowest BCUT2D eigenvalue weighted by molar-refractivity contribution is -0.117. The number of hydrogen-bond donors (Lipinski definition) is 1. The summed E-state index contributed by atoms with van der Waals surface area (Å²) in [7, 11) is 0. The number of anilines is 1.